The van der Waals surface area contributed by atoms with Crippen molar-refractivity contribution in [3.63, 3.8) is 0 Å². The summed E-state index contributed by atoms with van der Waals surface area (Å²) in [5, 5.41) is 20.1. The summed E-state index contributed by atoms with van der Waals surface area (Å²) in [4.78, 5) is 25.3. The summed E-state index contributed by atoms with van der Waals surface area (Å²) < 4.78 is 5.31. The van der Waals surface area contributed by atoms with Gasteiger partial charge in [-0.15, -0.1) is 0 Å². The number of carbonyl (C=O) groups is 2. The molecule has 1 saturated heterocycles. The Labute approximate surface area is 124 Å². The third kappa shape index (κ3) is 3.72. The van der Waals surface area contributed by atoms with E-state index in [2.05, 4.69) is 5.32 Å². The molecule has 1 aliphatic carbocycles. The third-order valence-corrected chi connectivity index (χ3v) is 3.61. The van der Waals surface area contributed by atoms with Crippen LogP contribution >= 0.6 is 0 Å². The maximum atomic E-state index is 12.1. The van der Waals surface area contributed by atoms with Crippen LogP contribution in [0.3, 0.4) is 0 Å². The summed E-state index contributed by atoms with van der Waals surface area (Å²) in [6.45, 7) is 5.85. The Balaban J connectivity index is 1.96. The number of nitrogens with zero attached hydrogens (tertiary/aromatic N) is 1. The summed E-state index contributed by atoms with van der Waals surface area (Å²) in [6.07, 6.45) is 1.73. The van der Waals surface area contributed by atoms with Gasteiger partial charge in [-0.3, -0.25) is 15.1 Å². The molecular formula is C14H23N3O4. The lowest BCUT2D eigenvalue weighted by molar-refractivity contribution is -0.129. The molecule has 1 saturated carbocycles. The summed E-state index contributed by atoms with van der Waals surface area (Å²) in [6, 6.07) is -0.494. The molecule has 7 nitrogen and oxygen atoms in total. The third-order valence-electron chi connectivity index (χ3n) is 3.61. The molecule has 0 aromatic rings. The fourth-order valence-electron chi connectivity index (χ4n) is 2.27. The molecule has 0 aromatic carbocycles. The van der Waals surface area contributed by atoms with Crippen LogP contribution in [0, 0.1) is 5.41 Å². The van der Waals surface area contributed by atoms with Gasteiger partial charge in [0, 0.05) is 6.54 Å². The number of hydrogen-bond donors (Lipinski definition) is 3. The van der Waals surface area contributed by atoms with Gasteiger partial charge in [0.15, 0.2) is 0 Å². The molecular weight excluding hydrogens is 274 g/mol. The van der Waals surface area contributed by atoms with E-state index < -0.39 is 29.2 Å². The van der Waals surface area contributed by atoms with Crippen molar-refractivity contribution in [2.45, 2.75) is 63.7 Å². The van der Waals surface area contributed by atoms with Crippen molar-refractivity contribution >= 4 is 17.8 Å². The number of rotatable bonds is 2. The fourth-order valence-corrected chi connectivity index (χ4v) is 2.27. The Morgan fingerprint density at radius 3 is 2.52 bits per heavy atom. The molecule has 1 aliphatic heterocycles. The second-order valence-electron chi connectivity index (χ2n) is 6.73. The number of amidine groups is 1. The van der Waals surface area contributed by atoms with E-state index in [0.29, 0.717) is 25.8 Å². The molecule has 7 heteroatoms. The highest BCUT2D eigenvalue weighted by Gasteiger charge is 2.49. The molecule has 2 rings (SSSR count). The van der Waals surface area contributed by atoms with Gasteiger partial charge in [-0.1, -0.05) is 0 Å². The van der Waals surface area contributed by atoms with Gasteiger partial charge in [-0.2, -0.15) is 0 Å². The summed E-state index contributed by atoms with van der Waals surface area (Å²) in [5.41, 5.74) is -1.92. The lowest BCUT2D eigenvalue weighted by Crippen LogP contribution is -2.50. The first-order valence-electron chi connectivity index (χ1n) is 7.24. The molecule has 2 amide bonds. The topological polar surface area (TPSA) is 103 Å². The lowest BCUT2D eigenvalue weighted by Gasteiger charge is -2.29. The fraction of sp³-hybridized carbons (Fsp3) is 0.786. The van der Waals surface area contributed by atoms with Crippen LogP contribution in [0.4, 0.5) is 4.79 Å². The van der Waals surface area contributed by atoms with Gasteiger partial charge in [0.2, 0.25) is 0 Å². The van der Waals surface area contributed by atoms with E-state index in [9.17, 15) is 14.7 Å². The van der Waals surface area contributed by atoms with E-state index in [1.165, 1.54) is 4.90 Å². The maximum Gasteiger partial charge on any atom is 0.410 e. The van der Waals surface area contributed by atoms with E-state index in [0.717, 1.165) is 6.42 Å². The largest absolute Gasteiger partial charge is 0.444 e. The first-order chi connectivity index (χ1) is 9.62. The van der Waals surface area contributed by atoms with E-state index in [1.54, 1.807) is 20.8 Å². The summed E-state index contributed by atoms with van der Waals surface area (Å²) in [7, 11) is 0. The summed E-state index contributed by atoms with van der Waals surface area (Å²) in [5.74, 6) is -0.604. The van der Waals surface area contributed by atoms with Gasteiger partial charge >= 0.3 is 6.09 Å². The SMILES string of the molecule is CC(C)(C)OC(=O)N1CCC[C@H]1C(=N)NC(=O)C1(O)CC1. The molecule has 3 N–H and O–H groups in total. The van der Waals surface area contributed by atoms with Crippen molar-refractivity contribution in [3.05, 3.63) is 0 Å². The molecule has 21 heavy (non-hydrogen) atoms. The predicted molar refractivity (Wildman–Crippen MR) is 76.0 cm³/mol. The number of hydrogen-bond acceptors (Lipinski definition) is 5. The van der Waals surface area contributed by atoms with Crippen molar-refractivity contribution in [1.82, 2.24) is 10.2 Å². The van der Waals surface area contributed by atoms with Crippen LogP contribution in [0.2, 0.25) is 0 Å². The molecule has 2 aliphatic rings. The second kappa shape index (κ2) is 5.29. The lowest BCUT2D eigenvalue weighted by atomic mass is 10.2. The molecule has 0 bridgehead atoms. The van der Waals surface area contributed by atoms with Gasteiger partial charge in [-0.05, 0) is 46.5 Å². The summed E-state index contributed by atoms with van der Waals surface area (Å²) >= 11 is 0. The number of carbonyl (C=O) groups excluding carboxylic acids is 2. The van der Waals surface area contributed by atoms with Crippen LogP contribution < -0.4 is 5.32 Å². The van der Waals surface area contributed by atoms with Crippen molar-refractivity contribution in [3.8, 4) is 0 Å². The van der Waals surface area contributed by atoms with E-state index in [4.69, 9.17) is 10.1 Å². The van der Waals surface area contributed by atoms with Crippen LogP contribution in [-0.2, 0) is 9.53 Å². The van der Waals surface area contributed by atoms with Gasteiger partial charge in [-0.25, -0.2) is 4.79 Å². The zero-order valence-corrected chi connectivity index (χ0v) is 12.7. The van der Waals surface area contributed by atoms with Gasteiger partial charge < -0.3 is 15.2 Å². The molecule has 0 spiro atoms. The molecule has 0 unspecified atom stereocenters. The van der Waals surface area contributed by atoms with Crippen LogP contribution in [0.25, 0.3) is 0 Å². The number of likely N-dealkylation sites (tertiary alicyclic amines) is 1. The van der Waals surface area contributed by atoms with Crippen LogP contribution in [0.15, 0.2) is 0 Å². The highest BCUT2D eigenvalue weighted by Crippen LogP contribution is 2.35. The molecule has 1 heterocycles. The smallest absolute Gasteiger partial charge is 0.410 e. The molecule has 1 atom stereocenters. The number of amides is 2. The van der Waals surface area contributed by atoms with Crippen molar-refractivity contribution in [2.24, 2.45) is 0 Å². The normalized spacial score (nSPS) is 23.6. The van der Waals surface area contributed by atoms with E-state index in [1.807, 2.05) is 0 Å². The van der Waals surface area contributed by atoms with Crippen LogP contribution in [0.1, 0.15) is 46.5 Å². The predicted octanol–water partition coefficient (Wildman–Crippen LogP) is 1.00. The zero-order valence-electron chi connectivity index (χ0n) is 12.7. The average Bonchev–Trinajstić information content (AvgIpc) is 2.92. The van der Waals surface area contributed by atoms with Crippen molar-refractivity contribution < 1.29 is 19.4 Å². The number of nitrogens with one attached hydrogen (secondary N) is 2. The average molecular weight is 297 g/mol. The van der Waals surface area contributed by atoms with Gasteiger partial charge in [0.1, 0.15) is 17.0 Å². The monoisotopic (exact) mass is 297 g/mol. The Morgan fingerprint density at radius 2 is 2.00 bits per heavy atom. The minimum Gasteiger partial charge on any atom is -0.444 e. The minimum absolute atomic E-state index is 0.0521. The number of ether oxygens (including phenoxy) is 1. The molecule has 0 aromatic heterocycles. The van der Waals surface area contributed by atoms with E-state index in [-0.39, 0.29) is 5.84 Å². The maximum absolute atomic E-state index is 12.1. The van der Waals surface area contributed by atoms with E-state index >= 15 is 0 Å². The van der Waals surface area contributed by atoms with Crippen LogP contribution in [0.5, 0.6) is 0 Å². The highest BCUT2D eigenvalue weighted by molar-refractivity contribution is 6.04. The Kier molecular flexibility index (Phi) is 3.97. The Morgan fingerprint density at radius 1 is 1.38 bits per heavy atom. The quantitative estimate of drug-likeness (QED) is 0.522. The van der Waals surface area contributed by atoms with Crippen LogP contribution in [-0.4, -0.2) is 51.6 Å². The molecule has 0 radical (unpaired) electrons. The molecule has 2 fully saturated rings. The van der Waals surface area contributed by atoms with Crippen molar-refractivity contribution in [1.29, 1.82) is 5.41 Å². The standard InChI is InChI=1S/C14H23N3O4/c1-13(2,3)21-12(19)17-8-4-5-9(17)10(15)16-11(18)14(20)6-7-14/h9,20H,4-8H2,1-3H3,(H2,15,16,18)/t9-/m0/s1. The van der Waals surface area contributed by atoms with Gasteiger partial charge in [0.05, 0.1) is 6.04 Å². The Bertz CT molecular complexity index is 465. The first kappa shape index (κ1) is 15.8. The van der Waals surface area contributed by atoms with Gasteiger partial charge in [0.25, 0.3) is 5.91 Å². The Hall–Kier alpha value is -1.63. The highest BCUT2D eigenvalue weighted by atomic mass is 16.6. The number of aliphatic hydroxyl groups is 1. The first-order valence-corrected chi connectivity index (χ1v) is 7.24. The zero-order chi connectivity index (χ0) is 15.8. The molecule has 118 valence electrons. The minimum atomic E-state index is -1.32. The van der Waals surface area contributed by atoms with Crippen molar-refractivity contribution in [2.75, 3.05) is 6.54 Å². The second-order valence-corrected chi connectivity index (χ2v) is 6.73.